The molecular formula is C11H20N2O2. The van der Waals surface area contributed by atoms with Crippen molar-refractivity contribution in [2.75, 3.05) is 0 Å². The maximum Gasteiger partial charge on any atom is 0.223 e. The van der Waals surface area contributed by atoms with Crippen LogP contribution in [0, 0.1) is 11.8 Å². The second kappa shape index (κ2) is 5.14. The summed E-state index contributed by atoms with van der Waals surface area (Å²) in [4.78, 5) is 22.9. The fourth-order valence-electron chi connectivity index (χ4n) is 1.69. The largest absolute Gasteiger partial charge is 0.369 e. The van der Waals surface area contributed by atoms with Gasteiger partial charge in [0.25, 0.3) is 0 Å². The Morgan fingerprint density at radius 3 is 2.47 bits per heavy atom. The van der Waals surface area contributed by atoms with Crippen molar-refractivity contribution in [3.05, 3.63) is 0 Å². The van der Waals surface area contributed by atoms with Crippen molar-refractivity contribution >= 4 is 11.8 Å². The predicted octanol–water partition coefficient (Wildman–Crippen LogP) is 0.803. The van der Waals surface area contributed by atoms with Crippen molar-refractivity contribution < 1.29 is 9.59 Å². The molecule has 4 heteroatoms. The van der Waals surface area contributed by atoms with Gasteiger partial charge < -0.3 is 11.1 Å². The van der Waals surface area contributed by atoms with Gasteiger partial charge in [0.15, 0.2) is 0 Å². The van der Waals surface area contributed by atoms with Crippen LogP contribution in [0.15, 0.2) is 0 Å². The molecule has 1 aliphatic carbocycles. The Morgan fingerprint density at radius 1 is 1.47 bits per heavy atom. The average molecular weight is 212 g/mol. The lowest BCUT2D eigenvalue weighted by molar-refractivity contribution is -0.133. The molecule has 0 saturated heterocycles. The number of hydrogen-bond donors (Lipinski definition) is 2. The fraction of sp³-hybridized carbons (Fsp3) is 0.818. The molecule has 0 aromatic carbocycles. The number of amides is 2. The summed E-state index contributed by atoms with van der Waals surface area (Å²) in [6, 6.07) is 0.343. The molecule has 2 atom stereocenters. The Hall–Kier alpha value is -1.06. The standard InChI is InChI=1S/C11H20N2O2/c1-3-4-9(10(12)14)7(2)11(15)13-8-5-6-8/h7-9H,3-6H2,1-2H3,(H2,12,14)(H,13,15)/t7?,9-/m0/s1. The highest BCUT2D eigenvalue weighted by atomic mass is 16.2. The van der Waals surface area contributed by atoms with Gasteiger partial charge in [-0.25, -0.2) is 0 Å². The van der Waals surface area contributed by atoms with Gasteiger partial charge in [-0.05, 0) is 19.3 Å². The molecule has 0 spiro atoms. The Kier molecular flexibility index (Phi) is 4.12. The summed E-state index contributed by atoms with van der Waals surface area (Å²) in [7, 11) is 0. The minimum absolute atomic E-state index is 0.0326. The van der Waals surface area contributed by atoms with E-state index >= 15 is 0 Å². The van der Waals surface area contributed by atoms with E-state index in [0.717, 1.165) is 19.3 Å². The zero-order valence-corrected chi connectivity index (χ0v) is 9.45. The third-order valence-electron chi connectivity index (χ3n) is 2.91. The summed E-state index contributed by atoms with van der Waals surface area (Å²) in [5, 5.41) is 2.90. The number of carbonyl (C=O) groups is 2. The summed E-state index contributed by atoms with van der Waals surface area (Å²) >= 11 is 0. The molecule has 15 heavy (non-hydrogen) atoms. The van der Waals surface area contributed by atoms with Crippen LogP contribution in [0.25, 0.3) is 0 Å². The van der Waals surface area contributed by atoms with Crippen LogP contribution < -0.4 is 11.1 Å². The first-order valence-corrected chi connectivity index (χ1v) is 5.66. The molecule has 4 nitrogen and oxygen atoms in total. The van der Waals surface area contributed by atoms with Gasteiger partial charge in [0, 0.05) is 17.9 Å². The van der Waals surface area contributed by atoms with Gasteiger partial charge in [0.05, 0.1) is 0 Å². The highest BCUT2D eigenvalue weighted by Gasteiger charge is 2.31. The van der Waals surface area contributed by atoms with E-state index in [1.54, 1.807) is 6.92 Å². The summed E-state index contributed by atoms with van der Waals surface area (Å²) in [6.45, 7) is 3.77. The van der Waals surface area contributed by atoms with Crippen LogP contribution in [-0.2, 0) is 9.59 Å². The van der Waals surface area contributed by atoms with Crippen molar-refractivity contribution in [2.24, 2.45) is 17.6 Å². The number of primary amides is 1. The smallest absolute Gasteiger partial charge is 0.223 e. The lowest BCUT2D eigenvalue weighted by Gasteiger charge is -2.19. The summed E-state index contributed by atoms with van der Waals surface area (Å²) < 4.78 is 0. The van der Waals surface area contributed by atoms with Gasteiger partial charge in [0.1, 0.15) is 0 Å². The van der Waals surface area contributed by atoms with E-state index in [1.807, 2.05) is 6.92 Å². The molecule has 0 aromatic rings. The van der Waals surface area contributed by atoms with Crippen LogP contribution in [0.3, 0.4) is 0 Å². The lowest BCUT2D eigenvalue weighted by atomic mass is 9.88. The molecule has 3 N–H and O–H groups in total. The van der Waals surface area contributed by atoms with Crippen LogP contribution in [0.4, 0.5) is 0 Å². The molecule has 1 rings (SSSR count). The molecule has 1 fully saturated rings. The first-order chi connectivity index (χ1) is 7.06. The molecule has 1 saturated carbocycles. The summed E-state index contributed by atoms with van der Waals surface area (Å²) in [5.74, 6) is -1.03. The first kappa shape index (κ1) is 12.0. The van der Waals surface area contributed by atoms with E-state index in [1.165, 1.54) is 0 Å². The van der Waals surface area contributed by atoms with E-state index in [0.29, 0.717) is 12.5 Å². The summed E-state index contributed by atoms with van der Waals surface area (Å²) in [5.41, 5.74) is 5.29. The van der Waals surface area contributed by atoms with E-state index in [-0.39, 0.29) is 23.7 Å². The van der Waals surface area contributed by atoms with Gasteiger partial charge in [-0.1, -0.05) is 20.3 Å². The lowest BCUT2D eigenvalue weighted by Crippen LogP contribution is -2.39. The van der Waals surface area contributed by atoms with Gasteiger partial charge >= 0.3 is 0 Å². The molecule has 1 unspecified atom stereocenters. The quantitative estimate of drug-likeness (QED) is 0.683. The maximum atomic E-state index is 11.7. The minimum Gasteiger partial charge on any atom is -0.369 e. The van der Waals surface area contributed by atoms with Crippen molar-refractivity contribution in [3.8, 4) is 0 Å². The predicted molar refractivity (Wildman–Crippen MR) is 57.9 cm³/mol. The highest BCUT2D eigenvalue weighted by molar-refractivity contribution is 5.86. The van der Waals surface area contributed by atoms with Crippen molar-refractivity contribution in [1.82, 2.24) is 5.32 Å². The molecule has 0 radical (unpaired) electrons. The average Bonchev–Trinajstić information content (AvgIpc) is 2.96. The van der Waals surface area contributed by atoms with Gasteiger partial charge in [0.2, 0.25) is 11.8 Å². The third-order valence-corrected chi connectivity index (χ3v) is 2.91. The topological polar surface area (TPSA) is 72.2 Å². The van der Waals surface area contributed by atoms with Crippen molar-refractivity contribution in [1.29, 1.82) is 0 Å². The Labute approximate surface area is 90.6 Å². The van der Waals surface area contributed by atoms with E-state index in [2.05, 4.69) is 5.32 Å². The van der Waals surface area contributed by atoms with Gasteiger partial charge in [-0.2, -0.15) is 0 Å². The molecule has 1 aliphatic rings. The highest BCUT2D eigenvalue weighted by Crippen LogP contribution is 2.22. The first-order valence-electron chi connectivity index (χ1n) is 5.66. The van der Waals surface area contributed by atoms with Crippen LogP contribution in [-0.4, -0.2) is 17.9 Å². The number of rotatable bonds is 6. The third kappa shape index (κ3) is 3.53. The molecule has 0 aromatic heterocycles. The summed E-state index contributed by atoms with van der Waals surface area (Å²) in [6.07, 6.45) is 3.68. The molecule has 0 aliphatic heterocycles. The Bertz CT molecular complexity index is 249. The fourth-order valence-corrected chi connectivity index (χ4v) is 1.69. The van der Waals surface area contributed by atoms with Gasteiger partial charge in [-0.15, -0.1) is 0 Å². The van der Waals surface area contributed by atoms with E-state index in [9.17, 15) is 9.59 Å². The zero-order chi connectivity index (χ0) is 11.4. The van der Waals surface area contributed by atoms with Crippen LogP contribution in [0.1, 0.15) is 39.5 Å². The van der Waals surface area contributed by atoms with Crippen LogP contribution in [0.2, 0.25) is 0 Å². The van der Waals surface area contributed by atoms with Crippen molar-refractivity contribution in [2.45, 2.75) is 45.6 Å². The normalized spacial score (nSPS) is 19.3. The van der Waals surface area contributed by atoms with Gasteiger partial charge in [-0.3, -0.25) is 9.59 Å². The zero-order valence-electron chi connectivity index (χ0n) is 9.45. The number of carbonyl (C=O) groups excluding carboxylic acids is 2. The van der Waals surface area contributed by atoms with Crippen LogP contribution >= 0.6 is 0 Å². The number of nitrogens with one attached hydrogen (secondary N) is 1. The number of nitrogens with two attached hydrogens (primary N) is 1. The SMILES string of the molecule is CCC[C@H](C(N)=O)C(C)C(=O)NC1CC1. The molecule has 2 amide bonds. The second-order valence-corrected chi connectivity index (χ2v) is 4.37. The molecule has 0 bridgehead atoms. The number of hydrogen-bond acceptors (Lipinski definition) is 2. The monoisotopic (exact) mass is 212 g/mol. The van der Waals surface area contributed by atoms with E-state index in [4.69, 9.17) is 5.73 Å². The molecule has 86 valence electrons. The molecule has 0 heterocycles. The van der Waals surface area contributed by atoms with Crippen molar-refractivity contribution in [3.63, 3.8) is 0 Å². The second-order valence-electron chi connectivity index (χ2n) is 4.37. The molecular weight excluding hydrogens is 192 g/mol. The van der Waals surface area contributed by atoms with Crippen LogP contribution in [0.5, 0.6) is 0 Å². The Balaban J connectivity index is 2.48. The van der Waals surface area contributed by atoms with E-state index < -0.39 is 0 Å². The Morgan fingerprint density at radius 2 is 2.07 bits per heavy atom. The minimum atomic E-state index is -0.365. The maximum absolute atomic E-state index is 11.7.